The molecule has 1 unspecified atom stereocenters. The Morgan fingerprint density at radius 2 is 1.78 bits per heavy atom. The van der Waals surface area contributed by atoms with Crippen LogP contribution in [0.25, 0.3) is 22.6 Å². The standard InChI is InChI=1S/C35H34N6O4/c1-22(2)28-15-16-29(38-37-28)23-9-13-27(14-10-23)44-30-18-24(7-8-25(30)20-40-17-5-4-6-31(40)42)33-36-34(45-39-33)35(3)19-32(43)41(21-35)26-11-12-26/h4-10,13-18,22,26H,11-12,19-21H2,1-3H3. The third-order valence-corrected chi connectivity index (χ3v) is 8.53. The lowest BCUT2D eigenvalue weighted by atomic mass is 9.89. The number of ether oxygens (including phenoxy) is 1. The summed E-state index contributed by atoms with van der Waals surface area (Å²) in [5, 5.41) is 13.0. The van der Waals surface area contributed by atoms with Gasteiger partial charge in [0, 0.05) is 48.0 Å². The van der Waals surface area contributed by atoms with Crippen molar-refractivity contribution < 1.29 is 14.1 Å². The molecule has 4 heterocycles. The van der Waals surface area contributed by atoms with Gasteiger partial charge in [0.25, 0.3) is 5.56 Å². The van der Waals surface area contributed by atoms with Crippen LogP contribution in [0, 0.1) is 0 Å². The number of likely N-dealkylation sites (tertiary alicyclic amines) is 1. The van der Waals surface area contributed by atoms with Crippen LogP contribution in [0.5, 0.6) is 11.5 Å². The molecule has 7 rings (SSSR count). The number of carbonyl (C=O) groups excluding carboxylic acids is 1. The molecule has 1 aliphatic heterocycles. The minimum Gasteiger partial charge on any atom is -0.457 e. The second-order valence-electron chi connectivity index (χ2n) is 12.5. The summed E-state index contributed by atoms with van der Waals surface area (Å²) in [5.41, 5.74) is 3.53. The van der Waals surface area contributed by atoms with Gasteiger partial charge in [-0.1, -0.05) is 37.2 Å². The Hall–Kier alpha value is -5.12. The third-order valence-electron chi connectivity index (χ3n) is 8.53. The molecule has 1 aliphatic carbocycles. The molecule has 0 radical (unpaired) electrons. The van der Waals surface area contributed by atoms with E-state index in [2.05, 4.69) is 29.2 Å². The maximum absolute atomic E-state index is 12.7. The number of hydrogen-bond acceptors (Lipinski definition) is 8. The Bertz CT molecular complexity index is 1910. The summed E-state index contributed by atoms with van der Waals surface area (Å²) in [4.78, 5) is 31.9. The van der Waals surface area contributed by atoms with E-state index in [1.165, 1.54) is 6.07 Å². The zero-order valence-electron chi connectivity index (χ0n) is 25.5. The number of nitrogens with zero attached hydrogens (tertiary/aromatic N) is 6. The minimum atomic E-state index is -0.528. The minimum absolute atomic E-state index is 0.108. The largest absolute Gasteiger partial charge is 0.457 e. The summed E-state index contributed by atoms with van der Waals surface area (Å²) < 4.78 is 13.8. The van der Waals surface area contributed by atoms with Gasteiger partial charge in [-0.2, -0.15) is 15.2 Å². The van der Waals surface area contributed by atoms with Gasteiger partial charge < -0.3 is 18.7 Å². The van der Waals surface area contributed by atoms with Crippen LogP contribution in [0.15, 0.2) is 88.3 Å². The Morgan fingerprint density at radius 1 is 0.978 bits per heavy atom. The van der Waals surface area contributed by atoms with E-state index in [0.717, 1.165) is 35.4 Å². The topological polar surface area (TPSA) is 116 Å². The van der Waals surface area contributed by atoms with E-state index in [0.29, 0.717) is 60.2 Å². The summed E-state index contributed by atoms with van der Waals surface area (Å²) in [6, 6.07) is 22.7. The van der Waals surface area contributed by atoms with Gasteiger partial charge in [0.2, 0.25) is 17.6 Å². The van der Waals surface area contributed by atoms with Gasteiger partial charge in [0.05, 0.1) is 23.3 Å². The van der Waals surface area contributed by atoms with E-state index >= 15 is 0 Å². The molecule has 2 fully saturated rings. The number of benzene rings is 2. The molecular formula is C35H34N6O4. The molecule has 5 aromatic rings. The molecule has 1 saturated carbocycles. The molecule has 0 bridgehead atoms. The quantitative estimate of drug-likeness (QED) is 0.203. The van der Waals surface area contributed by atoms with E-state index in [1.54, 1.807) is 16.8 Å². The van der Waals surface area contributed by atoms with Crippen molar-refractivity contribution in [3.05, 3.63) is 106 Å². The SMILES string of the molecule is CC(C)c1ccc(-c2ccc(Oc3cc(-c4noc(C5(C)CC(=O)N(C6CC6)C5)n4)ccc3Cn3ccccc3=O)cc2)nn1. The molecule has 228 valence electrons. The summed E-state index contributed by atoms with van der Waals surface area (Å²) in [5.74, 6) is 2.50. The lowest BCUT2D eigenvalue weighted by molar-refractivity contribution is -0.128. The average molecular weight is 603 g/mol. The van der Waals surface area contributed by atoms with Crippen LogP contribution in [0.4, 0.5) is 0 Å². The highest BCUT2D eigenvalue weighted by atomic mass is 16.5. The highest BCUT2D eigenvalue weighted by Crippen LogP contribution is 2.41. The van der Waals surface area contributed by atoms with E-state index in [4.69, 9.17) is 14.2 Å². The lowest BCUT2D eigenvalue weighted by Crippen LogP contribution is -2.31. The fourth-order valence-corrected chi connectivity index (χ4v) is 5.72. The molecule has 2 aromatic carbocycles. The van der Waals surface area contributed by atoms with Gasteiger partial charge >= 0.3 is 0 Å². The van der Waals surface area contributed by atoms with Gasteiger partial charge in [0.1, 0.15) is 11.5 Å². The maximum Gasteiger partial charge on any atom is 0.250 e. The van der Waals surface area contributed by atoms with Crippen molar-refractivity contribution in [2.45, 2.75) is 64.0 Å². The zero-order valence-corrected chi connectivity index (χ0v) is 25.5. The number of amides is 1. The monoisotopic (exact) mass is 602 g/mol. The first-order valence-electron chi connectivity index (χ1n) is 15.3. The molecule has 0 spiro atoms. The van der Waals surface area contributed by atoms with Crippen LogP contribution in [0.2, 0.25) is 0 Å². The molecule has 0 N–H and O–H groups in total. The van der Waals surface area contributed by atoms with Gasteiger partial charge in [-0.05, 0) is 74.2 Å². The average Bonchev–Trinajstić information content (AvgIpc) is 3.66. The number of carbonyl (C=O) groups is 1. The van der Waals surface area contributed by atoms with Crippen LogP contribution < -0.4 is 10.3 Å². The molecule has 1 atom stereocenters. The zero-order chi connectivity index (χ0) is 31.1. The smallest absolute Gasteiger partial charge is 0.250 e. The molecule has 45 heavy (non-hydrogen) atoms. The first-order chi connectivity index (χ1) is 21.8. The molecule has 10 heteroatoms. The van der Waals surface area contributed by atoms with E-state index in [1.807, 2.05) is 72.5 Å². The molecule has 10 nitrogen and oxygen atoms in total. The Kier molecular flexibility index (Phi) is 7.27. The van der Waals surface area contributed by atoms with Crippen LogP contribution in [0.3, 0.4) is 0 Å². The van der Waals surface area contributed by atoms with Crippen molar-refractivity contribution >= 4 is 5.91 Å². The van der Waals surface area contributed by atoms with Gasteiger partial charge in [0.15, 0.2) is 0 Å². The first-order valence-corrected chi connectivity index (χ1v) is 15.3. The van der Waals surface area contributed by atoms with Crippen LogP contribution in [-0.4, -0.2) is 48.3 Å². The summed E-state index contributed by atoms with van der Waals surface area (Å²) in [6.45, 7) is 7.09. The number of hydrogen-bond donors (Lipinski definition) is 0. The van der Waals surface area contributed by atoms with Crippen molar-refractivity contribution in [3.8, 4) is 34.1 Å². The number of aromatic nitrogens is 5. The summed E-state index contributed by atoms with van der Waals surface area (Å²) in [7, 11) is 0. The highest BCUT2D eigenvalue weighted by Gasteiger charge is 2.49. The Balaban J connectivity index is 1.17. The Morgan fingerprint density at radius 3 is 2.49 bits per heavy atom. The van der Waals surface area contributed by atoms with Crippen molar-refractivity contribution in [2.24, 2.45) is 0 Å². The third kappa shape index (κ3) is 5.87. The van der Waals surface area contributed by atoms with Gasteiger partial charge in [-0.3, -0.25) is 9.59 Å². The van der Waals surface area contributed by atoms with Crippen LogP contribution in [-0.2, 0) is 16.8 Å². The van der Waals surface area contributed by atoms with Gasteiger partial charge in [-0.25, -0.2) is 0 Å². The van der Waals surface area contributed by atoms with Crippen molar-refractivity contribution in [3.63, 3.8) is 0 Å². The maximum atomic E-state index is 12.7. The predicted octanol–water partition coefficient (Wildman–Crippen LogP) is 5.97. The van der Waals surface area contributed by atoms with Crippen LogP contribution in [0.1, 0.15) is 63.1 Å². The normalized spacial score (nSPS) is 18.1. The highest BCUT2D eigenvalue weighted by molar-refractivity contribution is 5.81. The fourth-order valence-electron chi connectivity index (χ4n) is 5.72. The van der Waals surface area contributed by atoms with E-state index < -0.39 is 5.41 Å². The Labute approximate surface area is 260 Å². The van der Waals surface area contributed by atoms with Crippen molar-refractivity contribution in [1.82, 2.24) is 29.8 Å². The first kappa shape index (κ1) is 28.6. The van der Waals surface area contributed by atoms with E-state index in [9.17, 15) is 9.59 Å². The molecule has 3 aromatic heterocycles. The van der Waals surface area contributed by atoms with Crippen LogP contribution >= 0.6 is 0 Å². The molecule has 1 saturated heterocycles. The van der Waals surface area contributed by atoms with Gasteiger partial charge in [-0.15, -0.1) is 0 Å². The summed E-state index contributed by atoms with van der Waals surface area (Å²) >= 11 is 0. The summed E-state index contributed by atoms with van der Waals surface area (Å²) in [6.07, 6.45) is 4.22. The van der Waals surface area contributed by atoms with Crippen molar-refractivity contribution in [1.29, 1.82) is 0 Å². The second-order valence-corrected chi connectivity index (χ2v) is 12.5. The molecule has 1 amide bonds. The number of rotatable bonds is 9. The van der Waals surface area contributed by atoms with E-state index in [-0.39, 0.29) is 11.5 Å². The molecular weight excluding hydrogens is 568 g/mol. The number of pyridine rings is 1. The van der Waals surface area contributed by atoms with Crippen molar-refractivity contribution in [2.75, 3.05) is 6.54 Å². The second kappa shape index (κ2) is 11.4. The predicted molar refractivity (Wildman–Crippen MR) is 168 cm³/mol. The lowest BCUT2D eigenvalue weighted by Gasteiger charge is -2.19. The molecule has 2 aliphatic rings. The fraction of sp³-hybridized carbons (Fsp3) is 0.314.